The molecule has 22 heavy (non-hydrogen) atoms. The Balaban J connectivity index is 1.79. The molecule has 6 nitrogen and oxygen atoms in total. The molecule has 0 aliphatic heterocycles. The maximum absolute atomic E-state index is 11.9. The first kappa shape index (κ1) is 15.9. The monoisotopic (exact) mass is 303 g/mol. The van der Waals surface area contributed by atoms with E-state index in [-0.39, 0.29) is 12.0 Å². The van der Waals surface area contributed by atoms with Gasteiger partial charge in [0, 0.05) is 13.2 Å². The number of rotatable bonds is 7. The Labute approximate surface area is 130 Å². The van der Waals surface area contributed by atoms with Gasteiger partial charge in [0.1, 0.15) is 6.10 Å². The number of aromatic nitrogens is 2. The van der Waals surface area contributed by atoms with Crippen LogP contribution in [-0.4, -0.2) is 35.4 Å². The Morgan fingerprint density at radius 1 is 1.36 bits per heavy atom. The standard InChI is InChI=1S/C16H21N3O3/c1-12(22-15-7-5-4-6-14(15)21-3)9-17-16(20)8-13-10-18-19(2)11-13/h4-7,10-12H,8-9H2,1-3H3,(H,17,20)/t12-/m1/s1. The van der Waals surface area contributed by atoms with Crippen molar-refractivity contribution in [2.45, 2.75) is 19.4 Å². The fraction of sp³-hybridized carbons (Fsp3) is 0.375. The molecule has 0 saturated carbocycles. The third-order valence-electron chi connectivity index (χ3n) is 3.11. The number of carbonyl (C=O) groups is 1. The summed E-state index contributed by atoms with van der Waals surface area (Å²) in [5.74, 6) is 1.29. The van der Waals surface area contributed by atoms with Crippen molar-refractivity contribution in [3.63, 3.8) is 0 Å². The molecule has 6 heteroatoms. The quantitative estimate of drug-likeness (QED) is 0.843. The van der Waals surface area contributed by atoms with E-state index in [0.717, 1.165) is 5.56 Å². The number of amides is 1. The highest BCUT2D eigenvalue weighted by molar-refractivity contribution is 5.78. The Kier molecular flexibility index (Phi) is 5.41. The van der Waals surface area contributed by atoms with Crippen LogP contribution in [0.25, 0.3) is 0 Å². The number of nitrogens with one attached hydrogen (secondary N) is 1. The zero-order chi connectivity index (χ0) is 15.9. The van der Waals surface area contributed by atoms with Gasteiger partial charge in [0.15, 0.2) is 11.5 Å². The van der Waals surface area contributed by atoms with Crippen LogP contribution < -0.4 is 14.8 Å². The summed E-state index contributed by atoms with van der Waals surface area (Å²) in [6.45, 7) is 2.33. The lowest BCUT2D eigenvalue weighted by molar-refractivity contribution is -0.120. The minimum absolute atomic E-state index is 0.0523. The smallest absolute Gasteiger partial charge is 0.224 e. The van der Waals surface area contributed by atoms with E-state index in [1.54, 1.807) is 18.0 Å². The molecular formula is C16H21N3O3. The molecule has 1 amide bonds. The zero-order valence-electron chi connectivity index (χ0n) is 13.1. The van der Waals surface area contributed by atoms with Crippen LogP contribution in [0.5, 0.6) is 11.5 Å². The summed E-state index contributed by atoms with van der Waals surface area (Å²) in [6, 6.07) is 7.44. The predicted octanol–water partition coefficient (Wildman–Crippen LogP) is 1.55. The minimum atomic E-state index is -0.158. The van der Waals surface area contributed by atoms with Gasteiger partial charge in [-0.05, 0) is 24.6 Å². The van der Waals surface area contributed by atoms with E-state index < -0.39 is 0 Å². The first-order valence-electron chi connectivity index (χ1n) is 7.12. The molecule has 2 rings (SSSR count). The Hall–Kier alpha value is -2.50. The van der Waals surface area contributed by atoms with Gasteiger partial charge in [-0.1, -0.05) is 12.1 Å². The summed E-state index contributed by atoms with van der Waals surface area (Å²) in [5.41, 5.74) is 0.887. The van der Waals surface area contributed by atoms with Gasteiger partial charge in [0.25, 0.3) is 0 Å². The molecule has 1 aromatic heterocycles. The van der Waals surface area contributed by atoms with Crippen LogP contribution in [0, 0.1) is 0 Å². The third-order valence-corrected chi connectivity index (χ3v) is 3.11. The number of ether oxygens (including phenoxy) is 2. The van der Waals surface area contributed by atoms with Crippen molar-refractivity contribution in [3.05, 3.63) is 42.2 Å². The van der Waals surface area contributed by atoms with Crippen molar-refractivity contribution in [2.24, 2.45) is 7.05 Å². The molecule has 0 spiro atoms. The molecule has 1 N–H and O–H groups in total. The van der Waals surface area contributed by atoms with Crippen LogP contribution in [0.1, 0.15) is 12.5 Å². The number of hydrogen-bond donors (Lipinski definition) is 1. The molecule has 118 valence electrons. The minimum Gasteiger partial charge on any atom is -0.493 e. The largest absolute Gasteiger partial charge is 0.493 e. The molecule has 1 atom stereocenters. The Morgan fingerprint density at radius 3 is 2.73 bits per heavy atom. The van der Waals surface area contributed by atoms with Gasteiger partial charge in [-0.25, -0.2) is 0 Å². The van der Waals surface area contributed by atoms with E-state index in [0.29, 0.717) is 24.5 Å². The van der Waals surface area contributed by atoms with Crippen LogP contribution in [0.4, 0.5) is 0 Å². The van der Waals surface area contributed by atoms with Crippen LogP contribution in [-0.2, 0) is 18.3 Å². The lowest BCUT2D eigenvalue weighted by atomic mass is 10.2. The maximum atomic E-state index is 11.9. The van der Waals surface area contributed by atoms with Gasteiger partial charge in [0.2, 0.25) is 5.91 Å². The Morgan fingerprint density at radius 2 is 2.09 bits per heavy atom. The second kappa shape index (κ2) is 7.49. The highest BCUT2D eigenvalue weighted by Gasteiger charge is 2.11. The van der Waals surface area contributed by atoms with Crippen molar-refractivity contribution >= 4 is 5.91 Å². The van der Waals surface area contributed by atoms with Gasteiger partial charge in [-0.3, -0.25) is 9.48 Å². The van der Waals surface area contributed by atoms with Gasteiger partial charge in [-0.2, -0.15) is 5.10 Å². The highest BCUT2D eigenvalue weighted by Crippen LogP contribution is 2.26. The van der Waals surface area contributed by atoms with E-state index in [2.05, 4.69) is 10.4 Å². The number of nitrogens with zero attached hydrogens (tertiary/aromatic N) is 2. The average molecular weight is 303 g/mol. The average Bonchev–Trinajstić information content (AvgIpc) is 2.91. The molecule has 0 unspecified atom stereocenters. The fourth-order valence-electron chi connectivity index (χ4n) is 2.04. The van der Waals surface area contributed by atoms with E-state index in [1.165, 1.54) is 0 Å². The topological polar surface area (TPSA) is 65.4 Å². The van der Waals surface area contributed by atoms with Crippen LogP contribution in [0.3, 0.4) is 0 Å². The lowest BCUT2D eigenvalue weighted by Gasteiger charge is -2.17. The summed E-state index contributed by atoms with van der Waals surface area (Å²) in [5, 5.41) is 6.89. The molecular weight excluding hydrogens is 282 g/mol. The SMILES string of the molecule is COc1ccccc1O[C@H](C)CNC(=O)Cc1cnn(C)c1. The normalized spacial score (nSPS) is 11.8. The number of methoxy groups -OCH3 is 1. The van der Waals surface area contributed by atoms with Gasteiger partial charge in [-0.15, -0.1) is 0 Å². The first-order valence-corrected chi connectivity index (χ1v) is 7.12. The second-order valence-electron chi connectivity index (χ2n) is 5.08. The molecule has 2 aromatic rings. The van der Waals surface area contributed by atoms with Crippen molar-refractivity contribution in [3.8, 4) is 11.5 Å². The van der Waals surface area contributed by atoms with Crippen LogP contribution in [0.2, 0.25) is 0 Å². The highest BCUT2D eigenvalue weighted by atomic mass is 16.5. The number of carbonyl (C=O) groups excluding carboxylic acids is 1. The maximum Gasteiger partial charge on any atom is 0.224 e. The summed E-state index contributed by atoms with van der Waals surface area (Å²) in [7, 11) is 3.42. The molecule has 0 fully saturated rings. The number of hydrogen-bond acceptors (Lipinski definition) is 4. The molecule has 1 aromatic carbocycles. The van der Waals surface area contributed by atoms with Crippen molar-refractivity contribution < 1.29 is 14.3 Å². The van der Waals surface area contributed by atoms with Gasteiger partial charge < -0.3 is 14.8 Å². The van der Waals surface area contributed by atoms with E-state index in [1.807, 2.05) is 44.4 Å². The molecule has 0 bridgehead atoms. The molecule has 0 saturated heterocycles. The summed E-state index contributed by atoms with van der Waals surface area (Å²) in [4.78, 5) is 11.9. The van der Waals surface area contributed by atoms with Crippen molar-refractivity contribution in [1.29, 1.82) is 0 Å². The fourth-order valence-corrected chi connectivity index (χ4v) is 2.04. The molecule has 0 radical (unpaired) electrons. The van der Waals surface area contributed by atoms with Crippen molar-refractivity contribution in [2.75, 3.05) is 13.7 Å². The van der Waals surface area contributed by atoms with E-state index in [9.17, 15) is 4.79 Å². The zero-order valence-corrected chi connectivity index (χ0v) is 13.1. The van der Waals surface area contributed by atoms with Gasteiger partial charge in [0.05, 0.1) is 26.3 Å². The lowest BCUT2D eigenvalue weighted by Crippen LogP contribution is -2.34. The molecule has 0 aliphatic carbocycles. The third kappa shape index (κ3) is 4.51. The Bertz CT molecular complexity index is 625. The number of para-hydroxylation sites is 2. The van der Waals surface area contributed by atoms with E-state index in [4.69, 9.17) is 9.47 Å². The predicted molar refractivity (Wildman–Crippen MR) is 83.0 cm³/mol. The molecule has 0 aliphatic rings. The van der Waals surface area contributed by atoms with Crippen molar-refractivity contribution in [1.82, 2.24) is 15.1 Å². The van der Waals surface area contributed by atoms with Crippen LogP contribution in [0.15, 0.2) is 36.7 Å². The number of aryl methyl sites for hydroxylation is 1. The van der Waals surface area contributed by atoms with E-state index >= 15 is 0 Å². The number of benzene rings is 1. The molecule has 1 heterocycles. The van der Waals surface area contributed by atoms with Gasteiger partial charge >= 0.3 is 0 Å². The summed E-state index contributed by atoms with van der Waals surface area (Å²) in [6.07, 6.45) is 3.67. The summed E-state index contributed by atoms with van der Waals surface area (Å²) >= 11 is 0. The first-order chi connectivity index (χ1) is 10.6. The van der Waals surface area contributed by atoms with Crippen LogP contribution >= 0.6 is 0 Å². The summed E-state index contributed by atoms with van der Waals surface area (Å²) < 4.78 is 12.7. The second-order valence-corrected chi connectivity index (χ2v) is 5.08.